The summed E-state index contributed by atoms with van der Waals surface area (Å²) in [7, 11) is 0. The highest BCUT2D eigenvalue weighted by Crippen LogP contribution is 2.11. The molecule has 1 aliphatic rings. The van der Waals surface area contributed by atoms with E-state index in [0.29, 0.717) is 11.8 Å². The van der Waals surface area contributed by atoms with E-state index < -0.39 is 0 Å². The van der Waals surface area contributed by atoms with Crippen molar-refractivity contribution in [1.82, 2.24) is 4.98 Å². The van der Waals surface area contributed by atoms with E-state index in [1.165, 1.54) is 11.1 Å². The molecule has 108 valence electrons. The van der Waals surface area contributed by atoms with E-state index in [1.54, 1.807) is 0 Å². The lowest BCUT2D eigenvalue weighted by Crippen LogP contribution is -1.90. The normalized spacial score (nSPS) is 12.2. The number of allylic oxidation sites excluding steroid dienone is 1. The topological polar surface area (TPSA) is 25.2 Å². The summed E-state index contributed by atoms with van der Waals surface area (Å²) in [4.78, 5) is 8.00. The van der Waals surface area contributed by atoms with Crippen LogP contribution in [0.2, 0.25) is 0 Å². The zero-order chi connectivity index (χ0) is 12.7. The van der Waals surface area contributed by atoms with Crippen molar-refractivity contribution in [2.45, 2.75) is 48.5 Å². The molecule has 0 bridgehead atoms. The van der Waals surface area contributed by atoms with Gasteiger partial charge in [-0.25, -0.2) is 0 Å². The van der Waals surface area contributed by atoms with Crippen molar-refractivity contribution in [3.8, 4) is 0 Å². The second-order valence-corrected chi connectivity index (χ2v) is 4.79. The van der Waals surface area contributed by atoms with Crippen molar-refractivity contribution in [3.05, 3.63) is 41.7 Å². The highest BCUT2D eigenvalue weighted by Gasteiger charge is 2.01. The highest BCUT2D eigenvalue weighted by atomic mass is 14.7. The van der Waals surface area contributed by atoms with Gasteiger partial charge >= 0.3 is 0 Å². The molecule has 1 aromatic rings. The van der Waals surface area contributed by atoms with Gasteiger partial charge in [-0.15, -0.1) is 0 Å². The largest absolute Gasteiger partial charge is 0.289 e. The average molecular weight is 262 g/mol. The zero-order valence-corrected chi connectivity index (χ0v) is 11.2. The van der Waals surface area contributed by atoms with E-state index in [1.807, 2.05) is 30.7 Å². The summed E-state index contributed by atoms with van der Waals surface area (Å²) in [5.74, 6) is 1.27. The molecule has 0 atom stereocenters. The van der Waals surface area contributed by atoms with E-state index in [2.05, 4.69) is 43.7 Å². The summed E-state index contributed by atoms with van der Waals surface area (Å²) >= 11 is 0. The smallest absolute Gasteiger partial charge is 0.0576 e. The third-order valence-corrected chi connectivity index (χ3v) is 2.71. The fourth-order valence-electron chi connectivity index (χ4n) is 1.50. The van der Waals surface area contributed by atoms with Crippen LogP contribution in [-0.2, 0) is 0 Å². The van der Waals surface area contributed by atoms with E-state index in [-0.39, 0.29) is 14.9 Å². The number of rotatable bonds is 2. The summed E-state index contributed by atoms with van der Waals surface area (Å²) < 4.78 is 0. The molecule has 19 heavy (non-hydrogen) atoms. The predicted molar refractivity (Wildman–Crippen MR) is 88.1 cm³/mol. The minimum absolute atomic E-state index is 0. The van der Waals surface area contributed by atoms with E-state index in [0.717, 1.165) is 6.54 Å². The Morgan fingerprint density at radius 3 is 1.79 bits per heavy atom. The Labute approximate surface area is 119 Å². The molecule has 2 nitrogen and oxygen atoms in total. The second-order valence-electron chi connectivity index (χ2n) is 4.79. The molecule has 0 spiro atoms. The van der Waals surface area contributed by atoms with Gasteiger partial charge in [0.15, 0.2) is 0 Å². The highest BCUT2D eigenvalue weighted by molar-refractivity contribution is 5.81. The Kier molecular flexibility index (Phi) is 11.0. The number of aliphatic imine (C=N–C) groups is 1. The number of pyridine rings is 1. The Morgan fingerprint density at radius 1 is 0.947 bits per heavy atom. The second kappa shape index (κ2) is 10.5. The molecule has 0 saturated heterocycles. The van der Waals surface area contributed by atoms with Crippen LogP contribution < -0.4 is 0 Å². The van der Waals surface area contributed by atoms with Gasteiger partial charge in [-0.1, -0.05) is 48.6 Å². The number of nitrogens with zero attached hydrogens (tertiary/aromatic N) is 2. The van der Waals surface area contributed by atoms with Gasteiger partial charge in [0.05, 0.1) is 6.54 Å². The molecule has 2 rings (SSSR count). The van der Waals surface area contributed by atoms with E-state index in [9.17, 15) is 0 Å². The van der Waals surface area contributed by atoms with Gasteiger partial charge in [0.2, 0.25) is 0 Å². The lowest BCUT2D eigenvalue weighted by atomic mass is 10.1. The van der Waals surface area contributed by atoms with Crippen LogP contribution in [0.5, 0.6) is 0 Å². The molecule has 0 fully saturated rings. The predicted octanol–water partition coefficient (Wildman–Crippen LogP) is 5.13. The van der Waals surface area contributed by atoms with Gasteiger partial charge in [-0.3, -0.25) is 9.98 Å². The molecule has 0 aliphatic carbocycles. The number of aromatic nitrogens is 1. The maximum Gasteiger partial charge on any atom is 0.0576 e. The van der Waals surface area contributed by atoms with Crippen LogP contribution >= 0.6 is 0 Å². The maximum atomic E-state index is 4.07. The van der Waals surface area contributed by atoms with Crippen molar-refractivity contribution in [3.63, 3.8) is 0 Å². The molecular formula is C17H30N2. The first-order chi connectivity index (χ1) is 8.11. The molecule has 2 heterocycles. The van der Waals surface area contributed by atoms with Crippen LogP contribution in [0, 0.1) is 5.92 Å². The molecule has 0 unspecified atom stereocenters. The Balaban J connectivity index is 0. The van der Waals surface area contributed by atoms with Crippen LogP contribution in [-0.4, -0.2) is 17.7 Å². The molecule has 1 aromatic heterocycles. The minimum Gasteiger partial charge on any atom is -0.289 e. The van der Waals surface area contributed by atoms with Crippen LogP contribution in [0.3, 0.4) is 0 Å². The van der Waals surface area contributed by atoms with Gasteiger partial charge in [-0.05, 0) is 35.1 Å². The van der Waals surface area contributed by atoms with Crippen molar-refractivity contribution < 1.29 is 0 Å². The number of hydrogen-bond acceptors (Lipinski definition) is 2. The third-order valence-electron chi connectivity index (χ3n) is 2.71. The molecule has 0 saturated carbocycles. The Morgan fingerprint density at radius 2 is 1.53 bits per heavy atom. The number of hydrogen-bond donors (Lipinski definition) is 0. The van der Waals surface area contributed by atoms with Crippen LogP contribution in [0.4, 0.5) is 0 Å². The van der Waals surface area contributed by atoms with Gasteiger partial charge < -0.3 is 0 Å². The van der Waals surface area contributed by atoms with Crippen molar-refractivity contribution in [2.75, 3.05) is 6.54 Å². The third kappa shape index (κ3) is 7.55. The summed E-state index contributed by atoms with van der Waals surface area (Å²) in [5.41, 5.74) is 2.73. The average Bonchev–Trinajstić information content (AvgIpc) is 2.84. The summed E-state index contributed by atoms with van der Waals surface area (Å²) in [5, 5.41) is 0. The van der Waals surface area contributed by atoms with Gasteiger partial charge in [0.25, 0.3) is 0 Å². The van der Waals surface area contributed by atoms with Crippen LogP contribution in [0.25, 0.3) is 0 Å². The zero-order valence-electron chi connectivity index (χ0n) is 11.2. The van der Waals surface area contributed by atoms with Crippen molar-refractivity contribution >= 4 is 6.21 Å². The SMILES string of the molecule is C.C.CC(C)C1=CCN=C1.CC(C)c1ccncc1. The van der Waals surface area contributed by atoms with Gasteiger partial charge in [0.1, 0.15) is 0 Å². The quantitative estimate of drug-likeness (QED) is 0.725. The minimum atomic E-state index is 0. The molecule has 0 aromatic carbocycles. The Bertz CT molecular complexity index is 376. The van der Waals surface area contributed by atoms with Crippen molar-refractivity contribution in [2.24, 2.45) is 10.9 Å². The lowest BCUT2D eigenvalue weighted by Gasteiger charge is -2.01. The van der Waals surface area contributed by atoms with Gasteiger partial charge in [-0.2, -0.15) is 0 Å². The first kappa shape index (κ1) is 19.9. The molecule has 0 radical (unpaired) electrons. The summed E-state index contributed by atoms with van der Waals surface area (Å²) in [6.45, 7) is 9.62. The molecular weight excluding hydrogens is 232 g/mol. The first-order valence-electron chi connectivity index (χ1n) is 6.21. The first-order valence-corrected chi connectivity index (χ1v) is 6.21. The monoisotopic (exact) mass is 262 g/mol. The van der Waals surface area contributed by atoms with E-state index >= 15 is 0 Å². The maximum absolute atomic E-state index is 4.07. The van der Waals surface area contributed by atoms with Crippen molar-refractivity contribution in [1.29, 1.82) is 0 Å². The molecule has 1 aliphatic heterocycles. The molecule has 2 heteroatoms. The van der Waals surface area contributed by atoms with Gasteiger partial charge in [0, 0.05) is 18.6 Å². The van der Waals surface area contributed by atoms with E-state index in [4.69, 9.17) is 0 Å². The summed E-state index contributed by atoms with van der Waals surface area (Å²) in [6, 6.07) is 4.09. The van der Waals surface area contributed by atoms with Crippen LogP contribution in [0.15, 0.2) is 41.2 Å². The standard InChI is InChI=1S/C8H11N.C7H11N.2CH4/c1-7(2)8-3-5-9-6-4-8;1-6(2)7-3-4-8-5-7;;/h3-7H,1-2H3;3,5-6H,4H2,1-2H3;2*1H4. The lowest BCUT2D eigenvalue weighted by molar-refractivity contribution is 0.808. The van der Waals surface area contributed by atoms with Crippen LogP contribution in [0.1, 0.15) is 54.0 Å². The fourth-order valence-corrected chi connectivity index (χ4v) is 1.50. The molecule has 0 amide bonds. The summed E-state index contributed by atoms with van der Waals surface area (Å²) in [6.07, 6.45) is 7.79. The molecule has 0 N–H and O–H groups in total. The Hall–Kier alpha value is -1.44. The fraction of sp³-hybridized carbons (Fsp3) is 0.529.